The summed E-state index contributed by atoms with van der Waals surface area (Å²) in [6, 6.07) is 0.448. The number of hydrogen-bond acceptors (Lipinski definition) is 2. The van der Waals surface area contributed by atoms with Gasteiger partial charge in [0, 0.05) is 19.5 Å². The van der Waals surface area contributed by atoms with Gasteiger partial charge in [-0.15, -0.1) is 0 Å². The van der Waals surface area contributed by atoms with E-state index in [1.54, 1.807) is 0 Å². The van der Waals surface area contributed by atoms with Gasteiger partial charge in [0.25, 0.3) is 0 Å². The minimum Gasteiger partial charge on any atom is -0.343 e. The number of hydrogen-bond donors (Lipinski definition) is 1. The Morgan fingerprint density at radius 2 is 2.19 bits per heavy atom. The molecule has 3 nitrogen and oxygen atoms in total. The van der Waals surface area contributed by atoms with Gasteiger partial charge in [0.1, 0.15) is 0 Å². The molecule has 1 N–H and O–H groups in total. The molecule has 0 bridgehead atoms. The molecule has 92 valence electrons. The number of nitrogens with one attached hydrogen (secondary N) is 1. The molecule has 0 aromatic rings. The lowest BCUT2D eigenvalue weighted by atomic mass is 9.95. The Bertz CT molecular complexity index is 244. The van der Waals surface area contributed by atoms with Gasteiger partial charge in [0.2, 0.25) is 5.91 Å². The minimum atomic E-state index is 0.341. The first-order valence-corrected chi connectivity index (χ1v) is 6.65. The molecule has 16 heavy (non-hydrogen) atoms. The highest BCUT2D eigenvalue weighted by atomic mass is 16.2. The molecule has 2 rings (SSSR count). The molecule has 0 spiro atoms. The van der Waals surface area contributed by atoms with Crippen molar-refractivity contribution < 1.29 is 4.79 Å². The Morgan fingerprint density at radius 1 is 1.44 bits per heavy atom. The van der Waals surface area contributed by atoms with Gasteiger partial charge < -0.3 is 10.2 Å². The third kappa shape index (κ3) is 2.97. The van der Waals surface area contributed by atoms with Gasteiger partial charge in [-0.25, -0.2) is 0 Å². The summed E-state index contributed by atoms with van der Waals surface area (Å²) in [6.07, 6.45) is 5.79. The Morgan fingerprint density at radius 3 is 2.75 bits per heavy atom. The molecule has 1 heterocycles. The summed E-state index contributed by atoms with van der Waals surface area (Å²) in [4.78, 5) is 14.1. The number of nitrogens with zero attached hydrogens (tertiary/aromatic N) is 1. The maximum atomic E-state index is 12.1. The lowest BCUT2D eigenvalue weighted by Gasteiger charge is -2.28. The molecule has 1 aliphatic heterocycles. The van der Waals surface area contributed by atoms with Gasteiger partial charge in [0.05, 0.1) is 0 Å². The van der Waals surface area contributed by atoms with Crippen LogP contribution in [0.1, 0.15) is 39.0 Å². The van der Waals surface area contributed by atoms with Crippen molar-refractivity contribution in [3.8, 4) is 0 Å². The maximum absolute atomic E-state index is 12.1. The van der Waals surface area contributed by atoms with E-state index in [0.717, 1.165) is 25.4 Å². The van der Waals surface area contributed by atoms with Crippen molar-refractivity contribution in [2.24, 2.45) is 11.8 Å². The summed E-state index contributed by atoms with van der Waals surface area (Å²) in [5.41, 5.74) is 0. The van der Waals surface area contributed by atoms with Crippen LogP contribution in [-0.4, -0.2) is 37.0 Å². The van der Waals surface area contributed by atoms with Gasteiger partial charge in [0.15, 0.2) is 0 Å². The van der Waals surface area contributed by atoms with Gasteiger partial charge in [-0.2, -0.15) is 0 Å². The fourth-order valence-corrected chi connectivity index (χ4v) is 2.61. The summed E-state index contributed by atoms with van der Waals surface area (Å²) in [6.45, 7) is 4.34. The molecule has 1 saturated heterocycles. The second-order valence-electron chi connectivity index (χ2n) is 5.50. The fourth-order valence-electron chi connectivity index (χ4n) is 2.61. The van der Waals surface area contributed by atoms with Crippen molar-refractivity contribution in [3.05, 3.63) is 0 Å². The van der Waals surface area contributed by atoms with Crippen LogP contribution in [0.5, 0.6) is 0 Å². The summed E-state index contributed by atoms with van der Waals surface area (Å²) in [5.74, 6) is 1.68. The molecule has 1 saturated carbocycles. The van der Waals surface area contributed by atoms with Gasteiger partial charge >= 0.3 is 0 Å². The van der Waals surface area contributed by atoms with E-state index in [2.05, 4.69) is 12.2 Å². The Labute approximate surface area is 98.6 Å². The van der Waals surface area contributed by atoms with E-state index in [9.17, 15) is 4.79 Å². The summed E-state index contributed by atoms with van der Waals surface area (Å²) in [7, 11) is 1.97. The van der Waals surface area contributed by atoms with E-state index in [4.69, 9.17) is 0 Å². The largest absolute Gasteiger partial charge is 0.343 e. The van der Waals surface area contributed by atoms with Crippen LogP contribution in [0, 0.1) is 11.8 Å². The Kier molecular flexibility index (Phi) is 3.85. The summed E-state index contributed by atoms with van der Waals surface area (Å²) >= 11 is 0. The van der Waals surface area contributed by atoms with Crippen molar-refractivity contribution in [2.75, 3.05) is 20.1 Å². The smallest absolute Gasteiger partial charge is 0.222 e. The normalized spacial score (nSPS) is 27.5. The zero-order valence-corrected chi connectivity index (χ0v) is 10.5. The number of rotatable bonds is 4. The highest BCUT2D eigenvalue weighted by Gasteiger charge is 2.32. The second-order valence-corrected chi connectivity index (χ2v) is 5.50. The van der Waals surface area contributed by atoms with Crippen LogP contribution in [0.15, 0.2) is 0 Å². The molecule has 2 unspecified atom stereocenters. The molecule has 0 aromatic carbocycles. The van der Waals surface area contributed by atoms with Gasteiger partial charge in [-0.1, -0.05) is 0 Å². The van der Waals surface area contributed by atoms with Crippen molar-refractivity contribution in [2.45, 2.75) is 45.1 Å². The monoisotopic (exact) mass is 224 g/mol. The van der Waals surface area contributed by atoms with E-state index >= 15 is 0 Å². The first-order valence-electron chi connectivity index (χ1n) is 6.65. The number of piperidine rings is 1. The average Bonchev–Trinajstić information content (AvgIpc) is 3.12. The average molecular weight is 224 g/mol. The maximum Gasteiger partial charge on any atom is 0.222 e. The van der Waals surface area contributed by atoms with Crippen LogP contribution in [0.4, 0.5) is 0 Å². The molecule has 2 aliphatic rings. The molecule has 2 atom stereocenters. The van der Waals surface area contributed by atoms with E-state index in [-0.39, 0.29) is 0 Å². The van der Waals surface area contributed by atoms with Crippen LogP contribution in [0.3, 0.4) is 0 Å². The molecule has 0 aromatic heterocycles. The summed E-state index contributed by atoms with van der Waals surface area (Å²) in [5, 5.41) is 3.37. The highest BCUT2D eigenvalue weighted by molar-refractivity contribution is 5.76. The minimum absolute atomic E-state index is 0.341. The number of amides is 1. The number of carbonyl (C=O) groups excluding carboxylic acids is 1. The first kappa shape index (κ1) is 11.9. The van der Waals surface area contributed by atoms with Crippen LogP contribution >= 0.6 is 0 Å². The number of carbonyl (C=O) groups is 1. The van der Waals surface area contributed by atoms with Crippen molar-refractivity contribution in [1.82, 2.24) is 10.2 Å². The lowest BCUT2D eigenvalue weighted by molar-refractivity contribution is -0.133. The quantitative estimate of drug-likeness (QED) is 0.787. The molecule has 3 heteroatoms. The van der Waals surface area contributed by atoms with Gasteiger partial charge in [-0.05, 0) is 57.5 Å². The fraction of sp³-hybridized carbons (Fsp3) is 0.923. The zero-order valence-electron chi connectivity index (χ0n) is 10.5. The molecule has 2 fully saturated rings. The Balaban J connectivity index is 1.76. The molecular weight excluding hydrogens is 200 g/mol. The summed E-state index contributed by atoms with van der Waals surface area (Å²) < 4.78 is 0. The predicted molar refractivity (Wildman–Crippen MR) is 65.2 cm³/mol. The molecule has 1 amide bonds. The van der Waals surface area contributed by atoms with Crippen molar-refractivity contribution in [1.29, 1.82) is 0 Å². The van der Waals surface area contributed by atoms with E-state index < -0.39 is 0 Å². The van der Waals surface area contributed by atoms with Crippen LogP contribution < -0.4 is 5.32 Å². The van der Waals surface area contributed by atoms with Crippen molar-refractivity contribution >= 4 is 5.91 Å². The third-order valence-electron chi connectivity index (χ3n) is 4.17. The predicted octanol–water partition coefficient (Wildman–Crippen LogP) is 1.63. The van der Waals surface area contributed by atoms with Crippen LogP contribution in [0.2, 0.25) is 0 Å². The first-order chi connectivity index (χ1) is 7.68. The molecular formula is C13H24N2O. The second kappa shape index (κ2) is 5.17. The molecule has 1 aliphatic carbocycles. The van der Waals surface area contributed by atoms with E-state index in [0.29, 0.717) is 17.9 Å². The van der Waals surface area contributed by atoms with E-state index in [1.165, 1.54) is 25.7 Å². The van der Waals surface area contributed by atoms with Crippen molar-refractivity contribution in [3.63, 3.8) is 0 Å². The Hall–Kier alpha value is -0.570. The zero-order chi connectivity index (χ0) is 11.5. The third-order valence-corrected chi connectivity index (χ3v) is 4.17. The lowest BCUT2D eigenvalue weighted by Crippen LogP contribution is -2.39. The topological polar surface area (TPSA) is 32.3 Å². The highest BCUT2D eigenvalue weighted by Crippen LogP contribution is 2.35. The molecule has 0 radical (unpaired) electrons. The van der Waals surface area contributed by atoms with E-state index in [1.807, 2.05) is 11.9 Å². The standard InChI is InChI=1S/C13H24N2O/c1-10(12-5-6-12)15(2)13(16)8-11-4-3-7-14-9-11/h10-12,14H,3-9H2,1-2H3. The van der Waals surface area contributed by atoms with Crippen LogP contribution in [-0.2, 0) is 4.79 Å². The van der Waals surface area contributed by atoms with Crippen LogP contribution in [0.25, 0.3) is 0 Å². The SMILES string of the molecule is CC(C1CC1)N(C)C(=O)CC1CCCNC1. The van der Waals surface area contributed by atoms with Gasteiger partial charge in [-0.3, -0.25) is 4.79 Å².